The van der Waals surface area contributed by atoms with Gasteiger partial charge in [-0.2, -0.15) is 4.40 Å². The van der Waals surface area contributed by atoms with Crippen molar-refractivity contribution < 1.29 is 18.5 Å². The minimum absolute atomic E-state index is 0.0253. The number of carbonyl (C=O) groups excluding carboxylic acids is 2. The zero-order chi connectivity index (χ0) is 24.8. The molecule has 180 valence electrons. The van der Waals surface area contributed by atoms with Gasteiger partial charge in [0, 0.05) is 36.3 Å². The van der Waals surface area contributed by atoms with Gasteiger partial charge in [-0.15, -0.1) is 0 Å². The van der Waals surface area contributed by atoms with E-state index in [1.165, 1.54) is 18.3 Å². The number of amides is 1. The van der Waals surface area contributed by atoms with Crippen molar-refractivity contribution in [3.8, 4) is 5.75 Å². The number of aromatic nitrogens is 1. The third-order valence-corrected chi connectivity index (χ3v) is 7.15. The van der Waals surface area contributed by atoms with Crippen molar-refractivity contribution in [1.82, 2.24) is 4.98 Å². The smallest absolute Gasteiger partial charge is 0.224 e. The van der Waals surface area contributed by atoms with Crippen LogP contribution in [0.25, 0.3) is 0 Å². The number of benzene rings is 2. The summed E-state index contributed by atoms with van der Waals surface area (Å²) in [6.45, 7) is 0.446. The summed E-state index contributed by atoms with van der Waals surface area (Å²) < 4.78 is 22.7. The van der Waals surface area contributed by atoms with E-state index in [1.807, 2.05) is 18.2 Å². The third kappa shape index (κ3) is 6.14. The largest absolute Gasteiger partial charge is 0.494 e. The lowest BCUT2D eigenvalue weighted by atomic mass is 10.0. The molecule has 0 bridgehead atoms. The summed E-state index contributed by atoms with van der Waals surface area (Å²) in [6, 6.07) is 11.8. The fourth-order valence-electron chi connectivity index (χ4n) is 3.52. The maximum atomic E-state index is 13.0. The molecule has 10 heteroatoms. The summed E-state index contributed by atoms with van der Waals surface area (Å²) >= 11 is 12.4. The summed E-state index contributed by atoms with van der Waals surface area (Å²) in [5, 5.41) is 3.05. The normalized spacial score (nSPS) is 13.8. The van der Waals surface area contributed by atoms with Gasteiger partial charge in [-0.05, 0) is 67.3 Å². The zero-order valence-electron chi connectivity index (χ0n) is 18.5. The van der Waals surface area contributed by atoms with Crippen molar-refractivity contribution in [1.29, 1.82) is 0 Å². The number of pyridine rings is 1. The molecule has 0 saturated carbocycles. The van der Waals surface area contributed by atoms with E-state index in [2.05, 4.69) is 14.7 Å². The van der Waals surface area contributed by atoms with Gasteiger partial charge < -0.3 is 10.1 Å². The summed E-state index contributed by atoms with van der Waals surface area (Å²) in [5.74, 6) is 0.328. The molecule has 1 aromatic heterocycles. The fourth-order valence-corrected chi connectivity index (χ4v) is 4.90. The van der Waals surface area contributed by atoms with Gasteiger partial charge in [0.25, 0.3) is 0 Å². The van der Waals surface area contributed by atoms with Crippen LogP contribution in [0.3, 0.4) is 0 Å². The predicted octanol–water partition coefficient (Wildman–Crippen LogP) is 5.46. The van der Waals surface area contributed by atoms with Gasteiger partial charge in [0.05, 0.1) is 27.1 Å². The molecule has 35 heavy (non-hydrogen) atoms. The van der Waals surface area contributed by atoms with E-state index in [0.29, 0.717) is 37.9 Å². The first-order chi connectivity index (χ1) is 16.9. The number of nitrogens with zero attached hydrogens (tertiary/aromatic N) is 2. The molecule has 2 aromatic carbocycles. The first-order valence-corrected chi connectivity index (χ1v) is 12.7. The highest BCUT2D eigenvalue weighted by Gasteiger charge is 2.23. The number of anilines is 1. The Bertz CT molecular complexity index is 1320. The first kappa shape index (κ1) is 25.0. The van der Waals surface area contributed by atoms with Crippen molar-refractivity contribution in [2.24, 2.45) is 4.40 Å². The van der Waals surface area contributed by atoms with Crippen molar-refractivity contribution >= 4 is 57.8 Å². The molecule has 1 unspecified atom stereocenters. The molecular formula is C25H21Cl2N3O4S. The van der Waals surface area contributed by atoms with Crippen LogP contribution in [0.1, 0.15) is 40.7 Å². The molecule has 3 aromatic rings. The Morgan fingerprint density at radius 1 is 1.20 bits per heavy atom. The maximum Gasteiger partial charge on any atom is 0.224 e. The van der Waals surface area contributed by atoms with Gasteiger partial charge in [-0.25, -0.2) is 4.21 Å². The van der Waals surface area contributed by atoms with Crippen LogP contribution in [0.5, 0.6) is 5.75 Å². The Morgan fingerprint density at radius 3 is 2.86 bits per heavy atom. The van der Waals surface area contributed by atoms with Crippen LogP contribution < -0.4 is 10.1 Å². The first-order valence-electron chi connectivity index (χ1n) is 10.9. The highest BCUT2D eigenvalue weighted by atomic mass is 35.5. The molecule has 4 rings (SSSR count). The zero-order valence-corrected chi connectivity index (χ0v) is 20.8. The summed E-state index contributed by atoms with van der Waals surface area (Å²) in [7, 11) is -1.84. The molecule has 1 aliphatic heterocycles. The van der Waals surface area contributed by atoms with E-state index in [9.17, 15) is 13.8 Å². The van der Waals surface area contributed by atoms with Crippen LogP contribution in [0.2, 0.25) is 10.0 Å². The van der Waals surface area contributed by atoms with Gasteiger partial charge in [-0.3, -0.25) is 14.6 Å². The van der Waals surface area contributed by atoms with Gasteiger partial charge in [-0.1, -0.05) is 23.2 Å². The average Bonchev–Trinajstić information content (AvgIpc) is 2.87. The molecule has 7 nitrogen and oxygen atoms in total. The van der Waals surface area contributed by atoms with E-state index in [4.69, 9.17) is 27.9 Å². The Kier molecular flexibility index (Phi) is 8.28. The molecule has 1 atom stereocenters. The van der Waals surface area contributed by atoms with E-state index < -0.39 is 16.8 Å². The lowest BCUT2D eigenvalue weighted by molar-refractivity contribution is -0.116. The fraction of sp³-hybridized carbons (Fsp3) is 0.200. The number of rotatable bonds is 9. The molecule has 1 aliphatic rings. The highest BCUT2D eigenvalue weighted by Crippen LogP contribution is 2.32. The molecular weight excluding hydrogens is 509 g/mol. The monoisotopic (exact) mass is 529 g/mol. The summed E-state index contributed by atoms with van der Waals surface area (Å²) in [6.07, 6.45) is 6.85. The van der Waals surface area contributed by atoms with E-state index in [-0.39, 0.29) is 26.4 Å². The average molecular weight is 530 g/mol. The highest BCUT2D eigenvalue weighted by molar-refractivity contribution is 7.84. The second kappa shape index (κ2) is 11.6. The number of hydrogen-bond acceptors (Lipinski definition) is 5. The Hall–Kier alpha value is -3.07. The van der Waals surface area contributed by atoms with Crippen LogP contribution in [-0.2, 0) is 22.2 Å². The van der Waals surface area contributed by atoms with Crippen molar-refractivity contribution in [3.05, 3.63) is 81.6 Å². The van der Waals surface area contributed by atoms with E-state index >= 15 is 0 Å². The van der Waals surface area contributed by atoms with Gasteiger partial charge in [0.2, 0.25) is 5.91 Å². The number of halogens is 2. The summed E-state index contributed by atoms with van der Waals surface area (Å²) in [5.41, 5.74) is 2.24. The number of nitrogens with one attached hydrogen (secondary N) is 1. The molecule has 0 radical (unpaired) electrons. The van der Waals surface area contributed by atoms with Crippen LogP contribution in [-0.4, -0.2) is 33.7 Å². The number of ketones is 1. The second-order valence-corrected chi connectivity index (χ2v) is 9.63. The molecule has 0 spiro atoms. The standard InChI is InChI=1S/C25H21Cl2N3O4S/c26-19-7-9-21(23(24(19)27)25(32)17-4-3-11-28-15-17)35(33)29-12-1-2-13-34-18-6-8-20-16(14-18)5-10-22(31)30-20/h3-4,6-9,11-12,14-15H,1-2,5,10,13H2,(H,30,31)/b29-12+. The molecule has 0 saturated heterocycles. The van der Waals surface area contributed by atoms with Crippen molar-refractivity contribution in [3.63, 3.8) is 0 Å². The molecule has 1 N–H and O–H groups in total. The number of aryl methyl sites for hydroxylation is 1. The Morgan fingerprint density at radius 2 is 2.06 bits per heavy atom. The van der Waals surface area contributed by atoms with Gasteiger partial charge in [0.15, 0.2) is 16.8 Å². The van der Waals surface area contributed by atoms with Crippen LogP contribution in [0.15, 0.2) is 64.2 Å². The SMILES string of the molecule is O=C1CCc2cc(OCCC/C=N/S(=O)c3ccc(Cl)c(Cl)c3C(=O)c3cccnc3)ccc2N1. The van der Waals surface area contributed by atoms with Crippen molar-refractivity contribution in [2.45, 2.75) is 30.6 Å². The molecule has 0 fully saturated rings. The Labute approximate surface area is 215 Å². The quantitative estimate of drug-likeness (QED) is 0.225. The maximum absolute atomic E-state index is 13.0. The van der Waals surface area contributed by atoms with Gasteiger partial charge >= 0.3 is 0 Å². The molecule has 0 aliphatic carbocycles. The van der Waals surface area contributed by atoms with Crippen LogP contribution in [0.4, 0.5) is 5.69 Å². The molecule has 1 amide bonds. The van der Waals surface area contributed by atoms with E-state index in [1.54, 1.807) is 24.5 Å². The number of ether oxygens (including phenoxy) is 1. The lowest BCUT2D eigenvalue weighted by Crippen LogP contribution is -2.18. The number of hydrogen-bond donors (Lipinski definition) is 1. The third-order valence-electron chi connectivity index (χ3n) is 5.28. The second-order valence-electron chi connectivity index (χ2n) is 7.70. The van der Waals surface area contributed by atoms with Crippen molar-refractivity contribution in [2.75, 3.05) is 11.9 Å². The summed E-state index contributed by atoms with van der Waals surface area (Å²) in [4.78, 5) is 28.6. The number of carbonyl (C=O) groups is 2. The minimum atomic E-state index is -1.84. The topological polar surface area (TPSA) is 97.7 Å². The van der Waals surface area contributed by atoms with Crippen LogP contribution in [0, 0.1) is 0 Å². The van der Waals surface area contributed by atoms with Crippen LogP contribution >= 0.6 is 23.2 Å². The number of unbranched alkanes of at least 4 members (excludes halogenated alkanes) is 1. The number of fused-ring (bicyclic) bond motifs is 1. The predicted molar refractivity (Wildman–Crippen MR) is 137 cm³/mol. The molecule has 2 heterocycles. The minimum Gasteiger partial charge on any atom is -0.494 e. The lowest BCUT2D eigenvalue weighted by Gasteiger charge is -2.17. The van der Waals surface area contributed by atoms with E-state index in [0.717, 1.165) is 17.0 Å². The Balaban J connectivity index is 1.35. The van der Waals surface area contributed by atoms with Gasteiger partial charge in [0.1, 0.15) is 5.75 Å².